The second-order valence-electron chi connectivity index (χ2n) is 8.30. The highest BCUT2D eigenvalue weighted by Crippen LogP contribution is 2.32. The summed E-state index contributed by atoms with van der Waals surface area (Å²) in [5.41, 5.74) is 5.25. The van der Waals surface area contributed by atoms with Gasteiger partial charge in [0.15, 0.2) is 0 Å². The summed E-state index contributed by atoms with van der Waals surface area (Å²) >= 11 is 0. The molecule has 170 valence electrons. The van der Waals surface area contributed by atoms with E-state index in [1.165, 1.54) is 0 Å². The topological polar surface area (TPSA) is 55.6 Å². The number of ether oxygens (including phenoxy) is 1. The van der Waals surface area contributed by atoms with Gasteiger partial charge in [-0.1, -0.05) is 36.4 Å². The summed E-state index contributed by atoms with van der Waals surface area (Å²) < 4.78 is 11.5. The van der Waals surface area contributed by atoms with Crippen molar-refractivity contribution in [2.24, 2.45) is 0 Å². The normalized spacial score (nSPS) is 11.1. The third-order valence-electron chi connectivity index (χ3n) is 5.98. The summed E-state index contributed by atoms with van der Waals surface area (Å²) in [5, 5.41) is 2.14. The molecule has 0 saturated heterocycles. The molecule has 0 spiro atoms. The molecule has 0 N–H and O–H groups in total. The molecule has 1 amide bonds. The van der Waals surface area contributed by atoms with Gasteiger partial charge in [-0.2, -0.15) is 0 Å². The van der Waals surface area contributed by atoms with Crippen LogP contribution in [0.5, 0.6) is 5.75 Å². The first-order valence-corrected chi connectivity index (χ1v) is 11.5. The van der Waals surface area contributed by atoms with E-state index < -0.39 is 0 Å². The van der Waals surface area contributed by atoms with Crippen LogP contribution >= 0.6 is 0 Å². The van der Waals surface area contributed by atoms with Gasteiger partial charge in [0.1, 0.15) is 22.6 Å². The summed E-state index contributed by atoms with van der Waals surface area (Å²) in [6.45, 7) is 3.19. The first-order chi connectivity index (χ1) is 16.6. The average Bonchev–Trinajstić information content (AvgIpc) is 3.25. The average molecular weight is 451 g/mol. The van der Waals surface area contributed by atoms with Crippen molar-refractivity contribution in [1.82, 2.24) is 9.88 Å². The molecule has 0 aliphatic rings. The van der Waals surface area contributed by atoms with Gasteiger partial charge in [0.25, 0.3) is 5.91 Å². The van der Waals surface area contributed by atoms with E-state index in [0.29, 0.717) is 18.8 Å². The highest BCUT2D eigenvalue weighted by molar-refractivity contribution is 6.06. The second-order valence-corrected chi connectivity index (χ2v) is 8.30. The van der Waals surface area contributed by atoms with Crippen LogP contribution in [0.2, 0.25) is 0 Å². The molecule has 0 bridgehead atoms. The number of hydrogen-bond acceptors (Lipinski definition) is 4. The van der Waals surface area contributed by atoms with Crippen LogP contribution in [-0.4, -0.2) is 36.0 Å². The standard InChI is InChI=1S/C29H26N2O3/c1-3-33-23-8-6-7-20(17-23)14-16-31(2)29(32)26-19-22(13-15-30-26)21-11-12-28-25(18-21)24-9-4-5-10-27(24)34-28/h4-13,15,17-19H,3,14,16H2,1-2H3. The Hall–Kier alpha value is -4.12. The van der Waals surface area contributed by atoms with Crippen LogP contribution in [0.25, 0.3) is 33.1 Å². The smallest absolute Gasteiger partial charge is 0.272 e. The lowest BCUT2D eigenvalue weighted by Crippen LogP contribution is -2.29. The molecule has 34 heavy (non-hydrogen) atoms. The van der Waals surface area contributed by atoms with Gasteiger partial charge in [-0.05, 0) is 72.5 Å². The van der Waals surface area contributed by atoms with Crippen LogP contribution in [0.3, 0.4) is 0 Å². The van der Waals surface area contributed by atoms with Crippen molar-refractivity contribution >= 4 is 27.8 Å². The Labute approximate surface area is 198 Å². The van der Waals surface area contributed by atoms with Crippen molar-refractivity contribution < 1.29 is 13.9 Å². The van der Waals surface area contributed by atoms with Gasteiger partial charge in [-0.25, -0.2) is 0 Å². The van der Waals surface area contributed by atoms with Gasteiger partial charge in [0.05, 0.1) is 6.61 Å². The number of rotatable bonds is 7. The molecule has 0 aliphatic heterocycles. The molecule has 3 aromatic carbocycles. The van der Waals surface area contributed by atoms with Crippen LogP contribution in [0, 0.1) is 0 Å². The number of fused-ring (bicyclic) bond motifs is 3. The van der Waals surface area contributed by atoms with Crippen molar-refractivity contribution in [2.45, 2.75) is 13.3 Å². The maximum atomic E-state index is 13.1. The molecule has 5 nitrogen and oxygen atoms in total. The Bertz CT molecular complexity index is 1470. The monoisotopic (exact) mass is 450 g/mol. The number of pyridine rings is 1. The Morgan fingerprint density at radius 3 is 2.62 bits per heavy atom. The number of hydrogen-bond donors (Lipinski definition) is 0. The molecular weight excluding hydrogens is 424 g/mol. The summed E-state index contributed by atoms with van der Waals surface area (Å²) in [6, 6.07) is 25.9. The van der Waals surface area contributed by atoms with E-state index in [-0.39, 0.29) is 5.91 Å². The quantitative estimate of drug-likeness (QED) is 0.289. The maximum absolute atomic E-state index is 13.1. The van der Waals surface area contributed by atoms with E-state index in [2.05, 4.69) is 23.2 Å². The van der Waals surface area contributed by atoms with Crippen LogP contribution < -0.4 is 4.74 Å². The zero-order valence-corrected chi connectivity index (χ0v) is 19.3. The van der Waals surface area contributed by atoms with Gasteiger partial charge in [-0.15, -0.1) is 0 Å². The maximum Gasteiger partial charge on any atom is 0.272 e. The highest BCUT2D eigenvalue weighted by atomic mass is 16.5. The second kappa shape index (κ2) is 9.40. The van der Waals surface area contributed by atoms with Crippen molar-refractivity contribution in [3.63, 3.8) is 0 Å². The Kier molecular flexibility index (Phi) is 6.00. The number of likely N-dealkylation sites (N-methyl/N-ethyl adjacent to an activating group) is 1. The third-order valence-corrected chi connectivity index (χ3v) is 5.98. The van der Waals surface area contributed by atoms with Crippen LogP contribution in [0.15, 0.2) is 89.5 Å². The minimum Gasteiger partial charge on any atom is -0.494 e. The first-order valence-electron chi connectivity index (χ1n) is 11.5. The lowest BCUT2D eigenvalue weighted by molar-refractivity contribution is 0.0791. The number of amides is 1. The number of aromatic nitrogens is 1. The fourth-order valence-electron chi connectivity index (χ4n) is 4.18. The van der Waals surface area contributed by atoms with Crippen molar-refractivity contribution in [2.75, 3.05) is 20.2 Å². The lowest BCUT2D eigenvalue weighted by atomic mass is 10.0. The number of carbonyl (C=O) groups excluding carboxylic acids is 1. The molecule has 0 atom stereocenters. The highest BCUT2D eigenvalue weighted by Gasteiger charge is 2.15. The molecule has 0 aliphatic carbocycles. The van der Waals surface area contributed by atoms with E-state index in [1.807, 2.05) is 74.6 Å². The fourth-order valence-corrected chi connectivity index (χ4v) is 4.18. The van der Waals surface area contributed by atoms with Gasteiger partial charge in [0.2, 0.25) is 0 Å². The van der Waals surface area contributed by atoms with Crippen LogP contribution in [0.1, 0.15) is 23.0 Å². The Morgan fingerprint density at radius 1 is 0.912 bits per heavy atom. The van der Waals surface area contributed by atoms with Crippen molar-refractivity contribution in [1.29, 1.82) is 0 Å². The number of nitrogens with zero attached hydrogens (tertiary/aromatic N) is 2. The van der Waals surface area contributed by atoms with Gasteiger partial charge in [0, 0.05) is 30.6 Å². The lowest BCUT2D eigenvalue weighted by Gasteiger charge is -2.17. The minimum atomic E-state index is -0.0994. The number of carbonyl (C=O) groups is 1. The molecule has 0 saturated carbocycles. The Balaban J connectivity index is 1.34. The number of benzene rings is 3. The molecule has 2 aromatic heterocycles. The molecule has 5 heteroatoms. The molecule has 2 heterocycles. The predicted octanol–water partition coefficient (Wildman–Crippen LogP) is 6.36. The molecule has 5 aromatic rings. The molecule has 0 unspecified atom stereocenters. The van der Waals surface area contributed by atoms with E-state index in [4.69, 9.17) is 9.15 Å². The summed E-state index contributed by atoms with van der Waals surface area (Å²) in [7, 11) is 1.81. The van der Waals surface area contributed by atoms with Crippen molar-refractivity contribution in [3.05, 3.63) is 96.3 Å². The van der Waals surface area contributed by atoms with E-state index in [1.54, 1.807) is 11.1 Å². The summed E-state index contributed by atoms with van der Waals surface area (Å²) in [4.78, 5) is 19.2. The van der Waals surface area contributed by atoms with Crippen LogP contribution in [-0.2, 0) is 6.42 Å². The molecule has 0 radical (unpaired) electrons. The van der Waals surface area contributed by atoms with E-state index in [0.717, 1.165) is 50.8 Å². The van der Waals surface area contributed by atoms with Gasteiger partial charge in [-0.3, -0.25) is 9.78 Å². The molecule has 0 fully saturated rings. The molecular formula is C29H26N2O3. The van der Waals surface area contributed by atoms with E-state index in [9.17, 15) is 4.79 Å². The predicted molar refractivity (Wildman–Crippen MR) is 135 cm³/mol. The number of furan rings is 1. The zero-order valence-electron chi connectivity index (χ0n) is 19.3. The van der Waals surface area contributed by atoms with Gasteiger partial charge >= 0.3 is 0 Å². The molecule has 5 rings (SSSR count). The number of para-hydroxylation sites is 1. The minimum absolute atomic E-state index is 0.0994. The first kappa shape index (κ1) is 21.7. The fraction of sp³-hybridized carbons (Fsp3) is 0.172. The largest absolute Gasteiger partial charge is 0.494 e. The SMILES string of the molecule is CCOc1cccc(CCN(C)C(=O)c2cc(-c3ccc4oc5ccccc5c4c3)ccn2)c1. The van der Waals surface area contributed by atoms with E-state index >= 15 is 0 Å². The third kappa shape index (κ3) is 4.37. The van der Waals surface area contributed by atoms with Crippen molar-refractivity contribution in [3.8, 4) is 16.9 Å². The summed E-state index contributed by atoms with van der Waals surface area (Å²) in [6.07, 6.45) is 2.44. The van der Waals surface area contributed by atoms with Crippen LogP contribution in [0.4, 0.5) is 0 Å². The summed E-state index contributed by atoms with van der Waals surface area (Å²) in [5.74, 6) is 0.753. The van der Waals surface area contributed by atoms with Gasteiger partial charge < -0.3 is 14.1 Å². The Morgan fingerprint density at radius 2 is 1.74 bits per heavy atom. The zero-order chi connectivity index (χ0) is 23.5.